The van der Waals surface area contributed by atoms with Gasteiger partial charge in [0, 0.05) is 0 Å². The summed E-state index contributed by atoms with van der Waals surface area (Å²) in [5.74, 6) is -0.448. The normalized spacial score (nSPS) is 25.7. The van der Waals surface area contributed by atoms with Crippen LogP contribution in [0.5, 0.6) is 0 Å². The molecule has 4 N–H and O–H groups in total. The molecule has 0 aliphatic carbocycles. The molecule has 2 rings (SSSR count). The topological polar surface area (TPSA) is 123 Å². The van der Waals surface area contributed by atoms with Crippen molar-refractivity contribution in [1.29, 1.82) is 0 Å². The zero-order chi connectivity index (χ0) is 10.8. The van der Waals surface area contributed by atoms with Gasteiger partial charge in [-0.15, -0.1) is 5.10 Å². The van der Waals surface area contributed by atoms with E-state index in [0.29, 0.717) is 5.82 Å². The van der Waals surface area contributed by atoms with Crippen molar-refractivity contribution in [3.63, 3.8) is 0 Å². The minimum atomic E-state index is -0.713. The van der Waals surface area contributed by atoms with Crippen molar-refractivity contribution in [2.75, 3.05) is 13.2 Å². The van der Waals surface area contributed by atoms with E-state index in [9.17, 15) is 4.79 Å². The van der Waals surface area contributed by atoms with Crippen LogP contribution in [0.15, 0.2) is 0 Å². The molecule has 0 bridgehead atoms. The number of hydrogen-bond donors (Lipinski definition) is 3. The molecular formula is C7H10N4O4. The summed E-state index contributed by atoms with van der Waals surface area (Å²) >= 11 is 0. The van der Waals surface area contributed by atoms with Crippen LogP contribution in [0.25, 0.3) is 0 Å². The van der Waals surface area contributed by atoms with Crippen LogP contribution in [0.4, 0.5) is 0 Å². The molecule has 82 valence electrons. The van der Waals surface area contributed by atoms with E-state index in [4.69, 9.17) is 20.3 Å². The number of rotatable bonds is 3. The van der Waals surface area contributed by atoms with E-state index in [0.717, 1.165) is 0 Å². The molecule has 8 heteroatoms. The summed E-state index contributed by atoms with van der Waals surface area (Å²) in [6.45, 7) is 0.0198. The number of amides is 1. The molecule has 1 aliphatic heterocycles. The number of H-pyrrole nitrogens is 1. The summed E-state index contributed by atoms with van der Waals surface area (Å²) in [6.07, 6.45) is -1.11. The first-order valence-corrected chi connectivity index (χ1v) is 4.30. The lowest BCUT2D eigenvalue weighted by Crippen LogP contribution is -2.14. The Morgan fingerprint density at radius 1 is 1.73 bits per heavy atom. The monoisotopic (exact) mass is 214 g/mol. The zero-order valence-electron chi connectivity index (χ0n) is 7.71. The number of aliphatic hydroxyl groups is 1. The number of carbonyl (C=O) groups is 1. The van der Waals surface area contributed by atoms with Crippen molar-refractivity contribution < 1.29 is 19.4 Å². The highest BCUT2D eigenvalue weighted by molar-refractivity contribution is 5.88. The van der Waals surface area contributed by atoms with Crippen LogP contribution in [0.1, 0.15) is 22.5 Å². The van der Waals surface area contributed by atoms with E-state index in [2.05, 4.69) is 15.2 Å². The summed E-state index contributed by atoms with van der Waals surface area (Å²) in [5, 5.41) is 14.9. The molecule has 1 amide bonds. The van der Waals surface area contributed by atoms with Gasteiger partial charge in [0.25, 0.3) is 5.91 Å². The van der Waals surface area contributed by atoms with Gasteiger partial charge in [-0.3, -0.25) is 9.89 Å². The van der Waals surface area contributed by atoms with Gasteiger partial charge in [0.1, 0.15) is 6.10 Å². The number of aromatic amines is 1. The fourth-order valence-electron chi connectivity index (χ4n) is 1.22. The third-order valence-corrected chi connectivity index (χ3v) is 1.93. The van der Waals surface area contributed by atoms with Gasteiger partial charge >= 0.3 is 0 Å². The lowest BCUT2D eigenvalue weighted by molar-refractivity contribution is -0.0891. The molecule has 0 aromatic carbocycles. The van der Waals surface area contributed by atoms with Crippen LogP contribution < -0.4 is 5.73 Å². The van der Waals surface area contributed by atoms with Crippen LogP contribution in [0, 0.1) is 0 Å². The Balaban J connectivity index is 2.07. The molecule has 8 nitrogen and oxygen atoms in total. The highest BCUT2D eigenvalue weighted by atomic mass is 16.7. The SMILES string of the molecule is NC(=O)c1n[nH]c(C2COC(CO)O2)n1. The number of ether oxygens (including phenoxy) is 2. The maximum atomic E-state index is 10.7. The number of nitrogens with two attached hydrogens (primary N) is 1. The molecule has 0 radical (unpaired) electrons. The van der Waals surface area contributed by atoms with Gasteiger partial charge in [0.15, 0.2) is 12.1 Å². The predicted octanol–water partition coefficient (Wildman–Crippen LogP) is -1.69. The van der Waals surface area contributed by atoms with Crippen molar-refractivity contribution in [3.05, 3.63) is 11.6 Å². The van der Waals surface area contributed by atoms with Crippen LogP contribution in [-0.4, -0.2) is 45.7 Å². The number of nitrogens with zero attached hydrogens (tertiary/aromatic N) is 2. The Bertz CT molecular complexity index is 366. The molecule has 15 heavy (non-hydrogen) atoms. The van der Waals surface area contributed by atoms with E-state index in [1.165, 1.54) is 0 Å². The van der Waals surface area contributed by atoms with Crippen molar-refractivity contribution in [2.24, 2.45) is 5.73 Å². The fourth-order valence-corrected chi connectivity index (χ4v) is 1.22. The smallest absolute Gasteiger partial charge is 0.288 e. The fraction of sp³-hybridized carbons (Fsp3) is 0.571. The summed E-state index contributed by atoms with van der Waals surface area (Å²) in [5.41, 5.74) is 4.98. The Morgan fingerprint density at radius 2 is 2.53 bits per heavy atom. The highest BCUT2D eigenvalue weighted by Gasteiger charge is 2.29. The lowest BCUT2D eigenvalue weighted by atomic mass is 10.4. The number of aliphatic hydroxyl groups excluding tert-OH is 1. The molecule has 2 unspecified atom stereocenters. The molecule has 2 atom stereocenters. The minimum absolute atomic E-state index is 0.0963. The predicted molar refractivity (Wildman–Crippen MR) is 45.6 cm³/mol. The number of nitrogens with one attached hydrogen (secondary N) is 1. The molecule has 1 aliphatic rings. The standard InChI is InChI=1S/C7H10N4O4/c8-5(13)7-9-6(10-11-7)3-2-14-4(1-12)15-3/h3-4,12H,1-2H2,(H2,8,13)(H,9,10,11). The maximum absolute atomic E-state index is 10.7. The Hall–Kier alpha value is -1.51. The number of carbonyl (C=O) groups excluding carboxylic acids is 1. The second kappa shape index (κ2) is 3.93. The quantitative estimate of drug-likeness (QED) is 0.551. The third kappa shape index (κ3) is 1.96. The van der Waals surface area contributed by atoms with E-state index in [1.54, 1.807) is 0 Å². The first-order chi connectivity index (χ1) is 7.20. The molecule has 1 saturated heterocycles. The van der Waals surface area contributed by atoms with Crippen LogP contribution in [0.3, 0.4) is 0 Å². The second-order valence-corrected chi connectivity index (χ2v) is 2.98. The largest absolute Gasteiger partial charge is 0.391 e. The summed E-state index contributed by atoms with van der Waals surface area (Å²) in [4.78, 5) is 14.5. The average Bonchev–Trinajstić information content (AvgIpc) is 2.86. The van der Waals surface area contributed by atoms with Crippen LogP contribution in [0.2, 0.25) is 0 Å². The average molecular weight is 214 g/mol. The highest BCUT2D eigenvalue weighted by Crippen LogP contribution is 2.23. The maximum Gasteiger partial charge on any atom is 0.288 e. The molecule has 1 aromatic heterocycles. The Labute approximate surface area is 84.4 Å². The third-order valence-electron chi connectivity index (χ3n) is 1.93. The number of primary amides is 1. The molecule has 1 aromatic rings. The van der Waals surface area contributed by atoms with Gasteiger partial charge in [-0.05, 0) is 0 Å². The van der Waals surface area contributed by atoms with E-state index >= 15 is 0 Å². The van der Waals surface area contributed by atoms with Gasteiger partial charge in [-0.1, -0.05) is 0 Å². The lowest BCUT2D eigenvalue weighted by Gasteiger charge is -2.05. The van der Waals surface area contributed by atoms with E-state index in [-0.39, 0.29) is 19.0 Å². The summed E-state index contributed by atoms with van der Waals surface area (Å²) in [6, 6.07) is 0. The molecule has 0 saturated carbocycles. The molecular weight excluding hydrogens is 204 g/mol. The van der Waals surface area contributed by atoms with Crippen LogP contribution in [-0.2, 0) is 9.47 Å². The van der Waals surface area contributed by atoms with Gasteiger partial charge in [0.2, 0.25) is 5.82 Å². The van der Waals surface area contributed by atoms with E-state index < -0.39 is 18.3 Å². The second-order valence-electron chi connectivity index (χ2n) is 2.98. The molecule has 2 heterocycles. The van der Waals surface area contributed by atoms with Gasteiger partial charge < -0.3 is 20.3 Å². The molecule has 1 fully saturated rings. The van der Waals surface area contributed by atoms with E-state index in [1.807, 2.05) is 0 Å². The minimum Gasteiger partial charge on any atom is -0.391 e. The van der Waals surface area contributed by atoms with Gasteiger partial charge in [-0.25, -0.2) is 4.98 Å². The summed E-state index contributed by atoms with van der Waals surface area (Å²) < 4.78 is 10.3. The Morgan fingerprint density at radius 3 is 3.07 bits per heavy atom. The van der Waals surface area contributed by atoms with Crippen molar-refractivity contribution in [3.8, 4) is 0 Å². The number of hydrogen-bond acceptors (Lipinski definition) is 6. The van der Waals surface area contributed by atoms with Crippen molar-refractivity contribution >= 4 is 5.91 Å². The first kappa shape index (κ1) is 10.0. The van der Waals surface area contributed by atoms with Gasteiger partial charge in [-0.2, -0.15) is 0 Å². The number of aromatic nitrogens is 3. The first-order valence-electron chi connectivity index (χ1n) is 4.30. The van der Waals surface area contributed by atoms with Crippen molar-refractivity contribution in [2.45, 2.75) is 12.4 Å². The zero-order valence-corrected chi connectivity index (χ0v) is 7.71. The summed E-state index contributed by atoms with van der Waals surface area (Å²) in [7, 11) is 0. The Kier molecular flexibility index (Phi) is 2.62. The molecule has 0 spiro atoms. The van der Waals surface area contributed by atoms with Crippen molar-refractivity contribution in [1.82, 2.24) is 15.2 Å². The van der Waals surface area contributed by atoms with Gasteiger partial charge in [0.05, 0.1) is 13.2 Å². The van der Waals surface area contributed by atoms with Crippen LogP contribution >= 0.6 is 0 Å².